The average molecular weight is 370 g/mol. The highest BCUT2D eigenvalue weighted by Gasteiger charge is 2.18. The first-order valence-corrected chi connectivity index (χ1v) is 8.18. The van der Waals surface area contributed by atoms with Crippen molar-refractivity contribution in [3.8, 4) is 0 Å². The maximum atomic E-state index is 12.5. The van der Waals surface area contributed by atoms with E-state index in [1.165, 1.54) is 0 Å². The van der Waals surface area contributed by atoms with Crippen LogP contribution in [0.15, 0.2) is 22.7 Å². The Balaban J connectivity index is 2.31. The molecule has 0 spiro atoms. The van der Waals surface area contributed by atoms with E-state index < -0.39 is 0 Å². The van der Waals surface area contributed by atoms with E-state index in [9.17, 15) is 4.79 Å². The highest BCUT2D eigenvalue weighted by molar-refractivity contribution is 9.10. The summed E-state index contributed by atoms with van der Waals surface area (Å²) in [6.07, 6.45) is 1.18. The molecule has 0 bridgehead atoms. The molecule has 5 heteroatoms. The summed E-state index contributed by atoms with van der Waals surface area (Å²) in [6, 6.07) is 5.39. The van der Waals surface area contributed by atoms with Crippen molar-refractivity contribution in [2.75, 3.05) is 0 Å². The molecule has 0 radical (unpaired) electrons. The third-order valence-electron chi connectivity index (χ3n) is 3.50. The minimum atomic E-state index is 0.0766. The number of halogens is 2. The molecule has 0 N–H and O–H groups in total. The Bertz CT molecular complexity index is 679. The lowest BCUT2D eigenvalue weighted by Crippen LogP contribution is -2.10. The molecule has 0 aliphatic heterocycles. The second kappa shape index (κ2) is 6.75. The van der Waals surface area contributed by atoms with Gasteiger partial charge in [-0.05, 0) is 60.0 Å². The standard InChI is InChI=1S/C16H18BrClN2O/c1-4-13-16(17)14(20(5-2)19-13)9-15(21)11-6-7-12(18)10(3)8-11/h6-8H,4-5,9H2,1-3H3. The Labute approximate surface area is 138 Å². The summed E-state index contributed by atoms with van der Waals surface area (Å²) in [7, 11) is 0. The van der Waals surface area contributed by atoms with Crippen LogP contribution in [0.1, 0.15) is 41.2 Å². The van der Waals surface area contributed by atoms with Gasteiger partial charge < -0.3 is 0 Å². The normalized spacial score (nSPS) is 10.9. The van der Waals surface area contributed by atoms with Crippen molar-refractivity contribution >= 4 is 33.3 Å². The maximum Gasteiger partial charge on any atom is 0.168 e. The van der Waals surface area contributed by atoms with Crippen LogP contribution in [0.3, 0.4) is 0 Å². The van der Waals surface area contributed by atoms with Crippen LogP contribution in [0.4, 0.5) is 0 Å². The largest absolute Gasteiger partial charge is 0.294 e. The maximum absolute atomic E-state index is 12.5. The summed E-state index contributed by atoms with van der Waals surface area (Å²) >= 11 is 9.58. The number of nitrogens with zero attached hydrogens (tertiary/aromatic N) is 2. The quantitative estimate of drug-likeness (QED) is 0.721. The molecule has 0 saturated carbocycles. The van der Waals surface area contributed by atoms with Gasteiger partial charge >= 0.3 is 0 Å². The van der Waals surface area contributed by atoms with Crippen LogP contribution in [0.2, 0.25) is 5.02 Å². The topological polar surface area (TPSA) is 34.9 Å². The second-order valence-electron chi connectivity index (χ2n) is 4.94. The minimum Gasteiger partial charge on any atom is -0.294 e. The number of carbonyl (C=O) groups is 1. The Hall–Kier alpha value is -1.13. The molecule has 21 heavy (non-hydrogen) atoms. The van der Waals surface area contributed by atoms with Gasteiger partial charge in [0.15, 0.2) is 5.78 Å². The molecule has 2 rings (SSSR count). The Morgan fingerprint density at radius 1 is 1.38 bits per heavy atom. The molecular formula is C16H18BrClN2O. The molecule has 0 unspecified atom stereocenters. The van der Waals surface area contributed by atoms with Crippen molar-refractivity contribution in [2.24, 2.45) is 0 Å². The fourth-order valence-electron chi connectivity index (χ4n) is 2.26. The number of rotatable bonds is 5. The van der Waals surface area contributed by atoms with Crippen LogP contribution in [0.5, 0.6) is 0 Å². The molecule has 2 aromatic rings. The van der Waals surface area contributed by atoms with Crippen LogP contribution >= 0.6 is 27.5 Å². The third-order valence-corrected chi connectivity index (χ3v) is 4.84. The van der Waals surface area contributed by atoms with E-state index in [0.717, 1.165) is 34.4 Å². The number of hydrogen-bond acceptors (Lipinski definition) is 2. The number of benzene rings is 1. The molecule has 1 aromatic carbocycles. The molecule has 1 aromatic heterocycles. The zero-order valence-electron chi connectivity index (χ0n) is 12.4. The zero-order valence-corrected chi connectivity index (χ0v) is 14.8. The van der Waals surface area contributed by atoms with E-state index in [-0.39, 0.29) is 5.78 Å². The first-order valence-electron chi connectivity index (χ1n) is 7.01. The van der Waals surface area contributed by atoms with Gasteiger partial charge in [0.1, 0.15) is 0 Å². The van der Waals surface area contributed by atoms with Gasteiger partial charge in [-0.1, -0.05) is 18.5 Å². The fraction of sp³-hybridized carbons (Fsp3) is 0.375. The van der Waals surface area contributed by atoms with E-state index in [4.69, 9.17) is 11.6 Å². The highest BCUT2D eigenvalue weighted by atomic mass is 79.9. The number of hydrogen-bond donors (Lipinski definition) is 0. The molecule has 0 fully saturated rings. The number of ketones is 1. The Morgan fingerprint density at radius 3 is 2.67 bits per heavy atom. The minimum absolute atomic E-state index is 0.0766. The lowest BCUT2D eigenvalue weighted by molar-refractivity contribution is 0.0990. The number of carbonyl (C=O) groups excluding carboxylic acids is 1. The fourth-order valence-corrected chi connectivity index (χ4v) is 3.08. The van der Waals surface area contributed by atoms with Crippen molar-refractivity contribution in [1.29, 1.82) is 0 Å². The van der Waals surface area contributed by atoms with E-state index in [1.54, 1.807) is 12.1 Å². The van der Waals surface area contributed by atoms with Gasteiger partial charge in [0, 0.05) is 17.1 Å². The second-order valence-corrected chi connectivity index (χ2v) is 6.14. The first-order chi connectivity index (χ1) is 9.97. The van der Waals surface area contributed by atoms with Crippen LogP contribution < -0.4 is 0 Å². The van der Waals surface area contributed by atoms with Gasteiger partial charge in [-0.25, -0.2) is 0 Å². The van der Waals surface area contributed by atoms with Gasteiger partial charge in [-0.15, -0.1) is 0 Å². The molecule has 0 atom stereocenters. The lowest BCUT2D eigenvalue weighted by Gasteiger charge is -2.06. The summed E-state index contributed by atoms with van der Waals surface area (Å²) in [5.74, 6) is 0.0766. The molecule has 0 aliphatic rings. The third kappa shape index (κ3) is 3.38. The van der Waals surface area contributed by atoms with E-state index in [2.05, 4.69) is 28.0 Å². The van der Waals surface area contributed by atoms with Gasteiger partial charge in [0.2, 0.25) is 0 Å². The van der Waals surface area contributed by atoms with Gasteiger partial charge in [0.05, 0.1) is 22.3 Å². The summed E-state index contributed by atoms with van der Waals surface area (Å²) in [5.41, 5.74) is 3.53. The van der Waals surface area contributed by atoms with Crippen molar-refractivity contribution in [1.82, 2.24) is 9.78 Å². The predicted octanol–water partition coefficient (Wildman–Crippen LogP) is 4.62. The monoisotopic (exact) mass is 368 g/mol. The number of aryl methyl sites for hydroxylation is 3. The molecule has 0 aliphatic carbocycles. The summed E-state index contributed by atoms with van der Waals surface area (Å²) in [5, 5.41) is 5.20. The van der Waals surface area contributed by atoms with Gasteiger partial charge in [-0.2, -0.15) is 5.10 Å². The molecule has 0 amide bonds. The first kappa shape index (κ1) is 16.2. The highest BCUT2D eigenvalue weighted by Crippen LogP contribution is 2.24. The molecule has 3 nitrogen and oxygen atoms in total. The van der Waals surface area contributed by atoms with Crippen LogP contribution in [-0.2, 0) is 19.4 Å². The average Bonchev–Trinajstić information content (AvgIpc) is 2.78. The number of aromatic nitrogens is 2. The van der Waals surface area contributed by atoms with Gasteiger partial charge in [0.25, 0.3) is 0 Å². The number of Topliss-reactive ketones (excluding diaryl/α,β-unsaturated/α-hetero) is 1. The van der Waals surface area contributed by atoms with E-state index in [1.807, 2.05) is 24.6 Å². The Morgan fingerprint density at radius 2 is 2.10 bits per heavy atom. The lowest BCUT2D eigenvalue weighted by atomic mass is 10.0. The van der Waals surface area contributed by atoms with Crippen molar-refractivity contribution < 1.29 is 4.79 Å². The van der Waals surface area contributed by atoms with E-state index in [0.29, 0.717) is 17.0 Å². The molecule has 112 valence electrons. The SMILES string of the molecule is CCc1nn(CC)c(CC(=O)c2ccc(Cl)c(C)c2)c1Br. The van der Waals surface area contributed by atoms with Crippen LogP contribution in [0, 0.1) is 6.92 Å². The smallest absolute Gasteiger partial charge is 0.168 e. The van der Waals surface area contributed by atoms with Crippen molar-refractivity contribution in [2.45, 2.75) is 40.2 Å². The molecule has 0 saturated heterocycles. The van der Waals surface area contributed by atoms with Crippen molar-refractivity contribution in [3.05, 3.63) is 50.2 Å². The summed E-state index contributed by atoms with van der Waals surface area (Å²) < 4.78 is 2.84. The van der Waals surface area contributed by atoms with Gasteiger partial charge in [-0.3, -0.25) is 9.48 Å². The zero-order chi connectivity index (χ0) is 15.6. The molecular weight excluding hydrogens is 352 g/mol. The van der Waals surface area contributed by atoms with Crippen molar-refractivity contribution in [3.63, 3.8) is 0 Å². The Kier molecular flexibility index (Phi) is 5.22. The summed E-state index contributed by atoms with van der Waals surface area (Å²) in [4.78, 5) is 12.5. The van der Waals surface area contributed by atoms with Crippen LogP contribution in [-0.4, -0.2) is 15.6 Å². The predicted molar refractivity (Wildman–Crippen MR) is 89.2 cm³/mol. The van der Waals surface area contributed by atoms with E-state index >= 15 is 0 Å². The molecule has 1 heterocycles. The summed E-state index contributed by atoms with van der Waals surface area (Å²) in [6.45, 7) is 6.74. The van der Waals surface area contributed by atoms with Crippen LogP contribution in [0.25, 0.3) is 0 Å².